The first-order valence-electron chi connectivity index (χ1n) is 7.27. The van der Waals surface area contributed by atoms with E-state index in [1.54, 1.807) is 0 Å². The maximum Gasteiger partial charge on any atom is 0.125 e. The molecule has 1 aliphatic heterocycles. The van der Waals surface area contributed by atoms with Crippen LogP contribution in [0.25, 0.3) is 0 Å². The maximum atomic E-state index is 5.82. The molecular weight excluding hydrogens is 250 g/mol. The number of fused-ring (bicyclic) bond motifs is 1. The number of ether oxygens (including phenoxy) is 1. The first kappa shape index (κ1) is 13.4. The number of rotatable bonds is 5. The predicted molar refractivity (Wildman–Crippen MR) is 78.5 cm³/mol. The van der Waals surface area contributed by atoms with Gasteiger partial charge in [-0.25, -0.2) is 0 Å². The highest BCUT2D eigenvalue weighted by Gasteiger charge is 2.19. The van der Waals surface area contributed by atoms with E-state index in [0.717, 1.165) is 37.7 Å². The average Bonchev–Trinajstić information content (AvgIpc) is 3.07. The van der Waals surface area contributed by atoms with Crippen molar-refractivity contribution >= 4 is 0 Å². The third kappa shape index (κ3) is 2.65. The van der Waals surface area contributed by atoms with Gasteiger partial charge in [0.15, 0.2) is 0 Å². The van der Waals surface area contributed by atoms with Gasteiger partial charge in [-0.1, -0.05) is 25.1 Å². The standard InChI is InChI=1S/C17H21NO2/c1-3-8-18-17(16-7-4-12(2)20-16)13-5-6-14-10-19-11-15(14)9-13/h4-7,9,17-18H,3,8,10-11H2,1-2H3. The quantitative estimate of drug-likeness (QED) is 0.900. The van der Waals surface area contributed by atoms with E-state index in [0.29, 0.717) is 0 Å². The largest absolute Gasteiger partial charge is 0.464 e. The fourth-order valence-electron chi connectivity index (χ4n) is 2.65. The Labute approximate surface area is 119 Å². The molecule has 0 spiro atoms. The molecule has 106 valence electrons. The third-order valence-electron chi connectivity index (χ3n) is 3.72. The van der Waals surface area contributed by atoms with Crippen LogP contribution in [0.4, 0.5) is 0 Å². The molecule has 1 N–H and O–H groups in total. The Balaban J connectivity index is 1.92. The van der Waals surface area contributed by atoms with E-state index in [2.05, 4.69) is 36.5 Å². The highest BCUT2D eigenvalue weighted by atomic mass is 16.5. The van der Waals surface area contributed by atoms with Gasteiger partial charge in [0, 0.05) is 0 Å². The molecule has 0 aliphatic carbocycles. The molecule has 3 rings (SSSR count). The van der Waals surface area contributed by atoms with E-state index < -0.39 is 0 Å². The molecule has 0 saturated carbocycles. The monoisotopic (exact) mass is 271 g/mol. The zero-order valence-electron chi connectivity index (χ0n) is 12.1. The van der Waals surface area contributed by atoms with Crippen LogP contribution in [-0.4, -0.2) is 6.54 Å². The summed E-state index contributed by atoms with van der Waals surface area (Å²) in [7, 11) is 0. The molecule has 2 aromatic rings. The van der Waals surface area contributed by atoms with Gasteiger partial charge in [-0.05, 0) is 48.7 Å². The highest BCUT2D eigenvalue weighted by molar-refractivity contribution is 5.37. The molecular formula is C17H21NO2. The lowest BCUT2D eigenvalue weighted by Gasteiger charge is -2.17. The number of nitrogens with one attached hydrogen (secondary N) is 1. The van der Waals surface area contributed by atoms with Crippen LogP contribution in [0.2, 0.25) is 0 Å². The van der Waals surface area contributed by atoms with Crippen LogP contribution in [0.1, 0.15) is 47.6 Å². The second kappa shape index (κ2) is 5.81. The van der Waals surface area contributed by atoms with E-state index in [-0.39, 0.29) is 6.04 Å². The zero-order chi connectivity index (χ0) is 13.9. The normalized spacial score (nSPS) is 15.3. The Morgan fingerprint density at radius 3 is 2.75 bits per heavy atom. The van der Waals surface area contributed by atoms with Crippen LogP contribution in [0.15, 0.2) is 34.7 Å². The Morgan fingerprint density at radius 1 is 1.15 bits per heavy atom. The zero-order valence-corrected chi connectivity index (χ0v) is 12.1. The summed E-state index contributed by atoms with van der Waals surface area (Å²) in [5.41, 5.74) is 3.85. The molecule has 3 nitrogen and oxygen atoms in total. The number of furan rings is 1. The van der Waals surface area contributed by atoms with Crippen LogP contribution >= 0.6 is 0 Å². The molecule has 0 saturated heterocycles. The van der Waals surface area contributed by atoms with E-state index >= 15 is 0 Å². The molecule has 0 fully saturated rings. The summed E-state index contributed by atoms with van der Waals surface area (Å²) in [5.74, 6) is 1.93. The van der Waals surface area contributed by atoms with Crippen LogP contribution in [0.3, 0.4) is 0 Å². The van der Waals surface area contributed by atoms with Crippen LogP contribution in [0, 0.1) is 6.92 Å². The Morgan fingerprint density at radius 2 is 2.00 bits per heavy atom. The molecule has 3 heteroatoms. The minimum absolute atomic E-state index is 0.120. The number of hydrogen-bond donors (Lipinski definition) is 1. The highest BCUT2D eigenvalue weighted by Crippen LogP contribution is 2.28. The molecule has 0 amide bonds. The van der Waals surface area contributed by atoms with Crippen molar-refractivity contribution in [2.45, 2.75) is 39.5 Å². The van der Waals surface area contributed by atoms with Gasteiger partial charge < -0.3 is 14.5 Å². The third-order valence-corrected chi connectivity index (χ3v) is 3.72. The molecule has 1 unspecified atom stereocenters. The SMILES string of the molecule is CCCNC(c1ccc2c(c1)COC2)c1ccc(C)o1. The van der Waals surface area contributed by atoms with Crippen molar-refractivity contribution in [1.29, 1.82) is 0 Å². The van der Waals surface area contributed by atoms with Crippen LogP contribution in [-0.2, 0) is 18.0 Å². The summed E-state index contributed by atoms with van der Waals surface area (Å²) in [4.78, 5) is 0. The lowest BCUT2D eigenvalue weighted by atomic mass is 9.99. The van der Waals surface area contributed by atoms with E-state index in [1.165, 1.54) is 16.7 Å². The predicted octanol–water partition coefficient (Wildman–Crippen LogP) is 3.71. The lowest BCUT2D eigenvalue weighted by Crippen LogP contribution is -2.23. The summed E-state index contributed by atoms with van der Waals surface area (Å²) < 4.78 is 11.3. The van der Waals surface area contributed by atoms with Crippen molar-refractivity contribution in [1.82, 2.24) is 5.32 Å². The first-order valence-corrected chi connectivity index (χ1v) is 7.27. The van der Waals surface area contributed by atoms with Gasteiger partial charge in [0.2, 0.25) is 0 Å². The maximum absolute atomic E-state index is 5.82. The van der Waals surface area contributed by atoms with Gasteiger partial charge in [-0.3, -0.25) is 0 Å². The number of hydrogen-bond acceptors (Lipinski definition) is 3. The second-order valence-electron chi connectivity index (χ2n) is 5.36. The summed E-state index contributed by atoms with van der Waals surface area (Å²) in [6, 6.07) is 10.8. The van der Waals surface area contributed by atoms with E-state index in [9.17, 15) is 0 Å². The fraction of sp³-hybridized carbons (Fsp3) is 0.412. The molecule has 2 heterocycles. The smallest absolute Gasteiger partial charge is 0.125 e. The summed E-state index contributed by atoms with van der Waals surface area (Å²) >= 11 is 0. The number of aryl methyl sites for hydroxylation is 1. The molecule has 20 heavy (non-hydrogen) atoms. The van der Waals surface area contributed by atoms with Gasteiger partial charge in [0.25, 0.3) is 0 Å². The Hall–Kier alpha value is -1.58. The average molecular weight is 271 g/mol. The minimum atomic E-state index is 0.120. The summed E-state index contributed by atoms with van der Waals surface area (Å²) in [6.45, 7) is 6.59. The summed E-state index contributed by atoms with van der Waals surface area (Å²) in [6.07, 6.45) is 1.10. The van der Waals surface area contributed by atoms with Crippen LogP contribution < -0.4 is 5.32 Å². The van der Waals surface area contributed by atoms with Crippen molar-refractivity contribution in [3.05, 3.63) is 58.5 Å². The Kier molecular flexibility index (Phi) is 3.90. The second-order valence-corrected chi connectivity index (χ2v) is 5.36. The molecule has 0 bridgehead atoms. The van der Waals surface area contributed by atoms with E-state index in [4.69, 9.17) is 9.15 Å². The van der Waals surface area contributed by atoms with Gasteiger partial charge in [-0.15, -0.1) is 0 Å². The van der Waals surface area contributed by atoms with Gasteiger partial charge in [0.05, 0.1) is 19.3 Å². The van der Waals surface area contributed by atoms with Crippen molar-refractivity contribution in [3.8, 4) is 0 Å². The molecule has 1 aromatic carbocycles. The first-order chi connectivity index (χ1) is 9.78. The van der Waals surface area contributed by atoms with Crippen molar-refractivity contribution in [2.75, 3.05) is 6.54 Å². The van der Waals surface area contributed by atoms with Gasteiger partial charge in [0.1, 0.15) is 11.5 Å². The van der Waals surface area contributed by atoms with Gasteiger partial charge in [-0.2, -0.15) is 0 Å². The van der Waals surface area contributed by atoms with Crippen LogP contribution in [0.5, 0.6) is 0 Å². The Bertz CT molecular complexity index is 588. The van der Waals surface area contributed by atoms with E-state index in [1.807, 2.05) is 13.0 Å². The van der Waals surface area contributed by atoms with Crippen molar-refractivity contribution < 1.29 is 9.15 Å². The number of benzene rings is 1. The lowest BCUT2D eigenvalue weighted by molar-refractivity contribution is 0.134. The van der Waals surface area contributed by atoms with Crippen molar-refractivity contribution in [3.63, 3.8) is 0 Å². The van der Waals surface area contributed by atoms with Crippen molar-refractivity contribution in [2.24, 2.45) is 0 Å². The van der Waals surface area contributed by atoms with Gasteiger partial charge >= 0.3 is 0 Å². The molecule has 1 aliphatic rings. The summed E-state index contributed by atoms with van der Waals surface area (Å²) in [5, 5.41) is 3.57. The molecule has 1 atom stereocenters. The molecule has 0 radical (unpaired) electrons. The topological polar surface area (TPSA) is 34.4 Å². The molecule has 1 aromatic heterocycles. The minimum Gasteiger partial charge on any atom is -0.464 e. The fourth-order valence-corrected chi connectivity index (χ4v) is 2.65.